The largest absolute Gasteiger partial charge is 0.442 e. The number of halogens is 2. The fourth-order valence-electron chi connectivity index (χ4n) is 4.24. The summed E-state index contributed by atoms with van der Waals surface area (Å²) in [6.07, 6.45) is 0.103. The Hall–Kier alpha value is -1.60. The predicted octanol–water partition coefficient (Wildman–Crippen LogP) is 5.54. The molecule has 0 unspecified atom stereocenters. The lowest BCUT2D eigenvalue weighted by Gasteiger charge is -2.49. The van der Waals surface area contributed by atoms with E-state index in [2.05, 4.69) is 0 Å². The van der Waals surface area contributed by atoms with Crippen molar-refractivity contribution in [2.75, 3.05) is 0 Å². The molecule has 2 aromatic rings. The number of nitrogens with zero attached hydrogens (tertiary/aromatic N) is 1. The highest BCUT2D eigenvalue weighted by Crippen LogP contribution is 2.52. The maximum atomic E-state index is 13.7. The summed E-state index contributed by atoms with van der Waals surface area (Å²) in [6, 6.07) is 13.7. The van der Waals surface area contributed by atoms with Crippen molar-refractivity contribution in [1.82, 2.24) is 4.31 Å². The van der Waals surface area contributed by atoms with E-state index in [4.69, 9.17) is 27.9 Å². The van der Waals surface area contributed by atoms with Gasteiger partial charge in [-0.3, -0.25) is 4.79 Å². The van der Waals surface area contributed by atoms with Crippen molar-refractivity contribution in [1.29, 1.82) is 0 Å². The molecule has 3 rings (SSSR count). The number of sulfonamides is 1. The zero-order valence-corrected chi connectivity index (χ0v) is 19.6. The SMILES string of the molecule is CC(=O)O[C@@]1(C)C[C@H](c2cccc(Cl)c2)[C@@H](c2ccc(Cl)cc2)N(C(C)C)S1(=O)=O. The molecular formula is C22H25Cl2NO4S. The van der Waals surface area contributed by atoms with Crippen molar-refractivity contribution >= 4 is 39.2 Å². The Morgan fingerprint density at radius 1 is 1.10 bits per heavy atom. The molecule has 0 spiro atoms. The van der Waals surface area contributed by atoms with Crippen LogP contribution in [-0.2, 0) is 19.6 Å². The molecule has 0 saturated carbocycles. The van der Waals surface area contributed by atoms with Crippen LogP contribution in [0.3, 0.4) is 0 Å². The Morgan fingerprint density at radius 2 is 1.73 bits per heavy atom. The van der Waals surface area contributed by atoms with Crippen LogP contribution in [0, 0.1) is 0 Å². The van der Waals surface area contributed by atoms with Gasteiger partial charge in [0, 0.05) is 35.3 Å². The summed E-state index contributed by atoms with van der Waals surface area (Å²) in [7, 11) is -3.99. The minimum Gasteiger partial charge on any atom is -0.442 e. The van der Waals surface area contributed by atoms with Gasteiger partial charge in [-0.05, 0) is 56.2 Å². The Kier molecular flexibility index (Phi) is 6.54. The van der Waals surface area contributed by atoms with E-state index in [1.54, 1.807) is 18.2 Å². The highest BCUT2D eigenvalue weighted by Gasteiger charge is 2.57. The van der Waals surface area contributed by atoms with Gasteiger partial charge in [-0.15, -0.1) is 0 Å². The maximum absolute atomic E-state index is 13.7. The molecule has 162 valence electrons. The second kappa shape index (κ2) is 8.50. The van der Waals surface area contributed by atoms with E-state index in [-0.39, 0.29) is 18.4 Å². The van der Waals surface area contributed by atoms with Gasteiger partial charge in [-0.2, -0.15) is 4.31 Å². The maximum Gasteiger partial charge on any atom is 0.304 e. The summed E-state index contributed by atoms with van der Waals surface area (Å²) >= 11 is 12.3. The Labute approximate surface area is 188 Å². The lowest BCUT2D eigenvalue weighted by Crippen LogP contribution is -2.58. The molecule has 1 aliphatic rings. The summed E-state index contributed by atoms with van der Waals surface area (Å²) < 4.78 is 34.3. The fraction of sp³-hybridized carbons (Fsp3) is 0.409. The lowest BCUT2D eigenvalue weighted by atomic mass is 9.82. The van der Waals surface area contributed by atoms with Crippen molar-refractivity contribution in [2.45, 2.75) is 57.1 Å². The molecule has 1 fully saturated rings. The van der Waals surface area contributed by atoms with E-state index in [0.29, 0.717) is 10.0 Å². The third kappa shape index (κ3) is 4.24. The van der Waals surface area contributed by atoms with Gasteiger partial charge < -0.3 is 4.74 Å². The highest BCUT2D eigenvalue weighted by molar-refractivity contribution is 7.90. The van der Waals surface area contributed by atoms with Crippen molar-refractivity contribution in [3.63, 3.8) is 0 Å². The lowest BCUT2D eigenvalue weighted by molar-refractivity contribution is -0.150. The smallest absolute Gasteiger partial charge is 0.304 e. The molecule has 1 heterocycles. The number of carbonyl (C=O) groups is 1. The average molecular weight is 470 g/mol. The van der Waals surface area contributed by atoms with Gasteiger partial charge >= 0.3 is 5.97 Å². The van der Waals surface area contributed by atoms with Gasteiger partial charge in [0.05, 0.1) is 6.04 Å². The number of esters is 1. The van der Waals surface area contributed by atoms with Crippen molar-refractivity contribution in [3.8, 4) is 0 Å². The van der Waals surface area contributed by atoms with Gasteiger partial charge in [0.25, 0.3) is 10.0 Å². The van der Waals surface area contributed by atoms with Crippen LogP contribution in [0.4, 0.5) is 0 Å². The van der Waals surface area contributed by atoms with Crippen LogP contribution in [0.5, 0.6) is 0 Å². The third-order valence-electron chi connectivity index (χ3n) is 5.43. The summed E-state index contributed by atoms with van der Waals surface area (Å²) in [6.45, 7) is 6.32. The molecular weight excluding hydrogens is 445 g/mol. The molecule has 1 saturated heterocycles. The van der Waals surface area contributed by atoms with Gasteiger partial charge in [0.15, 0.2) is 0 Å². The van der Waals surface area contributed by atoms with Gasteiger partial charge in [-0.1, -0.05) is 47.5 Å². The van der Waals surface area contributed by atoms with E-state index >= 15 is 0 Å². The molecule has 0 amide bonds. The summed E-state index contributed by atoms with van der Waals surface area (Å²) in [4.78, 5) is 10.1. The van der Waals surface area contributed by atoms with Crippen molar-refractivity contribution < 1.29 is 17.9 Å². The van der Waals surface area contributed by atoms with Crippen molar-refractivity contribution in [2.24, 2.45) is 0 Å². The topological polar surface area (TPSA) is 63.7 Å². The summed E-state index contributed by atoms with van der Waals surface area (Å²) in [5, 5.41) is 1.12. The number of hydrogen-bond donors (Lipinski definition) is 0. The van der Waals surface area contributed by atoms with Crippen LogP contribution in [-0.4, -0.2) is 29.7 Å². The van der Waals surface area contributed by atoms with E-state index in [0.717, 1.165) is 11.1 Å². The molecule has 3 atom stereocenters. The first-order valence-electron chi connectivity index (χ1n) is 9.70. The minimum atomic E-state index is -3.99. The Balaban J connectivity index is 2.26. The summed E-state index contributed by atoms with van der Waals surface area (Å²) in [5.74, 6) is -0.931. The molecule has 0 radical (unpaired) electrons. The number of carbonyl (C=O) groups excluding carboxylic acids is 1. The van der Waals surface area contributed by atoms with Crippen LogP contribution < -0.4 is 0 Å². The fourth-order valence-corrected chi connectivity index (χ4v) is 6.75. The quantitative estimate of drug-likeness (QED) is 0.551. The van der Waals surface area contributed by atoms with Crippen LogP contribution in [0.2, 0.25) is 10.0 Å². The average Bonchev–Trinajstić information content (AvgIpc) is 2.63. The second-order valence-corrected chi connectivity index (χ2v) is 11.1. The van der Waals surface area contributed by atoms with Gasteiger partial charge in [0.2, 0.25) is 4.93 Å². The molecule has 2 aromatic carbocycles. The van der Waals surface area contributed by atoms with Crippen LogP contribution in [0.1, 0.15) is 57.2 Å². The molecule has 1 aliphatic heterocycles. The van der Waals surface area contributed by atoms with Gasteiger partial charge in [-0.25, -0.2) is 8.42 Å². The van der Waals surface area contributed by atoms with Crippen LogP contribution in [0.25, 0.3) is 0 Å². The molecule has 0 aromatic heterocycles. The summed E-state index contributed by atoms with van der Waals surface area (Å²) in [5.41, 5.74) is 1.69. The first kappa shape index (κ1) is 23.1. The Morgan fingerprint density at radius 3 is 2.27 bits per heavy atom. The van der Waals surface area contributed by atoms with E-state index in [1.807, 2.05) is 44.2 Å². The Bertz CT molecular complexity index is 1040. The molecule has 8 heteroatoms. The normalized spacial score (nSPS) is 26.5. The zero-order chi connectivity index (χ0) is 22.3. The molecule has 0 bridgehead atoms. The second-order valence-electron chi connectivity index (χ2n) is 8.02. The molecule has 5 nitrogen and oxygen atoms in total. The molecule has 0 aliphatic carbocycles. The van der Waals surface area contributed by atoms with E-state index in [1.165, 1.54) is 18.2 Å². The molecule has 0 N–H and O–H groups in total. The van der Waals surface area contributed by atoms with Crippen molar-refractivity contribution in [3.05, 3.63) is 69.7 Å². The van der Waals surface area contributed by atoms with Crippen LogP contribution in [0.15, 0.2) is 48.5 Å². The van der Waals surface area contributed by atoms with Crippen LogP contribution >= 0.6 is 23.2 Å². The number of ether oxygens (including phenoxy) is 1. The highest BCUT2D eigenvalue weighted by atomic mass is 35.5. The first-order valence-corrected chi connectivity index (χ1v) is 11.9. The number of rotatable bonds is 4. The van der Waals surface area contributed by atoms with E-state index < -0.39 is 27.0 Å². The molecule has 30 heavy (non-hydrogen) atoms. The minimum absolute atomic E-state index is 0.103. The number of benzene rings is 2. The third-order valence-corrected chi connectivity index (χ3v) is 8.46. The predicted molar refractivity (Wildman–Crippen MR) is 119 cm³/mol. The first-order chi connectivity index (χ1) is 14.0. The standard InChI is InChI=1S/C22H25Cl2NO4S/c1-14(2)25-21(16-8-10-18(23)11-9-16)20(17-6-5-7-19(24)12-17)13-22(4,29-15(3)26)30(25,27)28/h5-12,14,20-21H,13H2,1-4H3/t20-,21-,22-/m1/s1. The van der Waals surface area contributed by atoms with Gasteiger partial charge in [0.1, 0.15) is 0 Å². The number of hydrogen-bond acceptors (Lipinski definition) is 4. The monoisotopic (exact) mass is 469 g/mol. The zero-order valence-electron chi connectivity index (χ0n) is 17.3. The van der Waals surface area contributed by atoms with E-state index in [9.17, 15) is 13.2 Å².